The number of aromatic nitrogens is 1. The molecule has 1 amide bonds. The lowest BCUT2D eigenvalue weighted by Gasteiger charge is -2.09. The van der Waals surface area contributed by atoms with Crippen molar-refractivity contribution in [1.29, 1.82) is 5.26 Å². The molecule has 1 aromatic heterocycles. The number of halogens is 2. The second-order valence-electron chi connectivity index (χ2n) is 6.27. The molecule has 140 valence electrons. The van der Waals surface area contributed by atoms with Crippen LogP contribution in [0.5, 0.6) is 0 Å². The van der Waals surface area contributed by atoms with Gasteiger partial charge in [-0.2, -0.15) is 5.26 Å². The van der Waals surface area contributed by atoms with Crippen LogP contribution in [-0.2, 0) is 4.79 Å². The summed E-state index contributed by atoms with van der Waals surface area (Å²) in [5.74, 6) is -0.811. The number of carbonyl (C=O) groups excluding carboxylic acids is 1. The van der Waals surface area contributed by atoms with E-state index < -0.39 is 5.91 Å². The SMILES string of the molecule is Cc1cc(/C=C(/C#N)C(=O)Nc2ccc(Br)cc2)c(C)n1-c1cccc(F)c1. The minimum absolute atomic E-state index is 0.0117. The van der Waals surface area contributed by atoms with Crippen LogP contribution in [0.15, 0.2) is 64.6 Å². The molecule has 0 bridgehead atoms. The fourth-order valence-corrected chi connectivity index (χ4v) is 3.25. The van der Waals surface area contributed by atoms with Crippen molar-refractivity contribution in [3.05, 3.63) is 87.4 Å². The first-order chi connectivity index (χ1) is 13.4. The molecule has 28 heavy (non-hydrogen) atoms. The number of carbonyl (C=O) groups is 1. The summed E-state index contributed by atoms with van der Waals surface area (Å²) in [6.45, 7) is 3.76. The first-order valence-corrected chi connectivity index (χ1v) is 9.32. The number of aryl methyl sites for hydroxylation is 1. The molecular weight excluding hydrogens is 421 g/mol. The van der Waals surface area contributed by atoms with Gasteiger partial charge in [-0.05, 0) is 74.0 Å². The third-order valence-electron chi connectivity index (χ3n) is 4.30. The lowest BCUT2D eigenvalue weighted by molar-refractivity contribution is -0.112. The molecule has 6 heteroatoms. The van der Waals surface area contributed by atoms with Gasteiger partial charge in [0, 0.05) is 27.2 Å². The molecule has 0 aliphatic heterocycles. The molecular formula is C22H17BrFN3O. The van der Waals surface area contributed by atoms with Crippen LogP contribution < -0.4 is 5.32 Å². The van der Waals surface area contributed by atoms with Crippen molar-refractivity contribution in [1.82, 2.24) is 4.57 Å². The van der Waals surface area contributed by atoms with Gasteiger partial charge in [-0.25, -0.2) is 4.39 Å². The van der Waals surface area contributed by atoms with Crippen molar-refractivity contribution < 1.29 is 9.18 Å². The number of nitrogens with one attached hydrogen (secondary N) is 1. The standard InChI is InChI=1S/C22H17BrFN3O/c1-14-10-16(15(2)27(14)21-5-3-4-19(24)12-21)11-17(13-25)22(28)26-20-8-6-18(23)7-9-20/h3-12H,1-2H3,(H,26,28)/b17-11-. The average molecular weight is 438 g/mol. The van der Waals surface area contributed by atoms with Crippen LogP contribution in [-0.4, -0.2) is 10.5 Å². The molecule has 4 nitrogen and oxygen atoms in total. The molecule has 0 spiro atoms. The topological polar surface area (TPSA) is 57.8 Å². The summed E-state index contributed by atoms with van der Waals surface area (Å²) in [5.41, 5.74) is 3.69. The van der Waals surface area contributed by atoms with Gasteiger partial charge in [0.15, 0.2) is 0 Å². The van der Waals surface area contributed by atoms with Crippen LogP contribution in [0.1, 0.15) is 17.0 Å². The molecule has 0 atom stereocenters. The summed E-state index contributed by atoms with van der Waals surface area (Å²) in [6.07, 6.45) is 1.55. The molecule has 3 aromatic rings. The van der Waals surface area contributed by atoms with E-state index in [-0.39, 0.29) is 11.4 Å². The van der Waals surface area contributed by atoms with E-state index in [1.807, 2.05) is 36.6 Å². The number of amides is 1. The van der Waals surface area contributed by atoms with Gasteiger partial charge in [0.05, 0.1) is 0 Å². The number of nitriles is 1. The Labute approximate surface area is 171 Å². The van der Waals surface area contributed by atoms with Gasteiger partial charge in [-0.15, -0.1) is 0 Å². The van der Waals surface area contributed by atoms with Gasteiger partial charge < -0.3 is 9.88 Å². The minimum Gasteiger partial charge on any atom is -0.321 e. The molecule has 0 radical (unpaired) electrons. The Morgan fingerprint density at radius 1 is 1.18 bits per heavy atom. The summed E-state index contributed by atoms with van der Waals surface area (Å²) in [7, 11) is 0. The van der Waals surface area contributed by atoms with Crippen LogP contribution in [0, 0.1) is 31.0 Å². The van der Waals surface area contributed by atoms with Gasteiger partial charge >= 0.3 is 0 Å². The second kappa shape index (κ2) is 8.24. The zero-order valence-corrected chi connectivity index (χ0v) is 16.9. The fraction of sp³-hybridized carbons (Fsp3) is 0.0909. The second-order valence-corrected chi connectivity index (χ2v) is 7.19. The Bertz CT molecular complexity index is 1110. The van der Waals surface area contributed by atoms with Gasteiger partial charge in [0.1, 0.15) is 17.5 Å². The summed E-state index contributed by atoms with van der Waals surface area (Å²) >= 11 is 3.34. The molecule has 0 unspecified atom stereocenters. The zero-order chi connectivity index (χ0) is 20.3. The van der Waals surface area contributed by atoms with Crippen LogP contribution in [0.4, 0.5) is 10.1 Å². The molecule has 1 heterocycles. The Kier molecular flexibility index (Phi) is 5.76. The van der Waals surface area contributed by atoms with Gasteiger partial charge in [-0.1, -0.05) is 22.0 Å². The lowest BCUT2D eigenvalue weighted by Crippen LogP contribution is -2.13. The number of hydrogen-bond donors (Lipinski definition) is 1. The van der Waals surface area contributed by atoms with E-state index in [9.17, 15) is 14.4 Å². The van der Waals surface area contributed by atoms with E-state index >= 15 is 0 Å². The minimum atomic E-state index is -0.486. The maximum Gasteiger partial charge on any atom is 0.266 e. The number of rotatable bonds is 4. The van der Waals surface area contributed by atoms with Crippen molar-refractivity contribution in [2.45, 2.75) is 13.8 Å². The highest BCUT2D eigenvalue weighted by atomic mass is 79.9. The third kappa shape index (κ3) is 4.21. The van der Waals surface area contributed by atoms with Gasteiger partial charge in [0.25, 0.3) is 5.91 Å². The summed E-state index contributed by atoms with van der Waals surface area (Å²) in [4.78, 5) is 12.5. The maximum atomic E-state index is 13.6. The number of nitrogens with zero attached hydrogens (tertiary/aromatic N) is 2. The predicted molar refractivity (Wildman–Crippen MR) is 112 cm³/mol. The average Bonchev–Trinajstić information content (AvgIpc) is 2.94. The number of anilines is 1. The van der Waals surface area contributed by atoms with E-state index in [0.29, 0.717) is 11.4 Å². The van der Waals surface area contributed by atoms with Crippen LogP contribution in [0.2, 0.25) is 0 Å². The van der Waals surface area contributed by atoms with E-state index in [4.69, 9.17) is 0 Å². The summed E-state index contributed by atoms with van der Waals surface area (Å²) in [6, 6.07) is 17.2. The van der Waals surface area contributed by atoms with E-state index in [1.54, 1.807) is 36.4 Å². The molecule has 0 aliphatic carbocycles. The van der Waals surface area contributed by atoms with Crippen molar-refractivity contribution >= 4 is 33.6 Å². The highest BCUT2D eigenvalue weighted by Gasteiger charge is 2.14. The highest BCUT2D eigenvalue weighted by Crippen LogP contribution is 2.24. The summed E-state index contributed by atoms with van der Waals surface area (Å²) in [5, 5.41) is 12.2. The molecule has 0 aliphatic rings. The van der Waals surface area contributed by atoms with E-state index in [1.165, 1.54) is 12.1 Å². The fourth-order valence-electron chi connectivity index (χ4n) is 2.98. The quantitative estimate of drug-likeness (QED) is 0.430. The highest BCUT2D eigenvalue weighted by molar-refractivity contribution is 9.10. The van der Waals surface area contributed by atoms with Crippen molar-refractivity contribution in [3.63, 3.8) is 0 Å². The Balaban J connectivity index is 1.93. The zero-order valence-electron chi connectivity index (χ0n) is 15.3. The van der Waals surface area contributed by atoms with Crippen LogP contribution in [0.25, 0.3) is 11.8 Å². The van der Waals surface area contributed by atoms with Crippen molar-refractivity contribution in [3.8, 4) is 11.8 Å². The van der Waals surface area contributed by atoms with Crippen molar-refractivity contribution in [2.75, 3.05) is 5.32 Å². The largest absolute Gasteiger partial charge is 0.321 e. The normalized spacial score (nSPS) is 11.2. The first-order valence-electron chi connectivity index (χ1n) is 8.52. The van der Waals surface area contributed by atoms with Gasteiger partial charge in [0.2, 0.25) is 0 Å². The van der Waals surface area contributed by atoms with E-state index in [0.717, 1.165) is 21.4 Å². The van der Waals surface area contributed by atoms with Gasteiger partial charge in [-0.3, -0.25) is 4.79 Å². The number of benzene rings is 2. The Morgan fingerprint density at radius 2 is 1.89 bits per heavy atom. The molecule has 0 saturated heterocycles. The molecule has 3 rings (SSSR count). The van der Waals surface area contributed by atoms with Crippen molar-refractivity contribution in [2.24, 2.45) is 0 Å². The number of hydrogen-bond acceptors (Lipinski definition) is 2. The first kappa shape index (κ1) is 19.6. The van der Waals surface area contributed by atoms with E-state index in [2.05, 4.69) is 21.2 Å². The summed E-state index contributed by atoms with van der Waals surface area (Å²) < 4.78 is 16.4. The third-order valence-corrected chi connectivity index (χ3v) is 4.83. The Hall–Kier alpha value is -3.17. The molecule has 0 fully saturated rings. The molecule has 1 N–H and O–H groups in total. The van der Waals surface area contributed by atoms with Crippen LogP contribution >= 0.6 is 15.9 Å². The monoisotopic (exact) mass is 437 g/mol. The lowest BCUT2D eigenvalue weighted by atomic mass is 10.1. The predicted octanol–water partition coefficient (Wildman–Crippen LogP) is 5.54. The Morgan fingerprint density at radius 3 is 2.54 bits per heavy atom. The van der Waals surface area contributed by atoms with Crippen LogP contribution in [0.3, 0.4) is 0 Å². The maximum absolute atomic E-state index is 13.6. The molecule has 0 saturated carbocycles. The molecule has 2 aromatic carbocycles. The smallest absolute Gasteiger partial charge is 0.266 e.